The summed E-state index contributed by atoms with van der Waals surface area (Å²) in [5.41, 5.74) is 8.83. The van der Waals surface area contributed by atoms with Crippen LogP contribution in [0.25, 0.3) is 0 Å². The molecule has 0 radical (unpaired) electrons. The summed E-state index contributed by atoms with van der Waals surface area (Å²) in [5, 5.41) is 2.93. The minimum absolute atomic E-state index is 0.180. The second kappa shape index (κ2) is 5.25. The predicted molar refractivity (Wildman–Crippen MR) is 81.6 cm³/mol. The van der Waals surface area contributed by atoms with Gasteiger partial charge in [0.2, 0.25) is 0 Å². The van der Waals surface area contributed by atoms with Crippen LogP contribution in [0.5, 0.6) is 0 Å². The normalized spacial score (nSPS) is 16.1. The number of carbonyl (C=O) groups excluding carboxylic acids is 1. The molecule has 3 N–H and O–H groups in total. The van der Waals surface area contributed by atoms with E-state index in [4.69, 9.17) is 5.73 Å². The number of amides is 1. The Kier molecular flexibility index (Phi) is 3.44. The molecule has 0 saturated carbocycles. The number of halogens is 1. The fraction of sp³-hybridized carbons (Fsp3) is 0.200. The Balaban J connectivity index is 1.65. The first kappa shape index (κ1) is 13.1. The van der Waals surface area contributed by atoms with Crippen LogP contribution in [0.2, 0.25) is 0 Å². The number of benzene rings is 1. The fourth-order valence-corrected chi connectivity index (χ4v) is 2.82. The number of nitrogens with zero attached hydrogens (tertiary/aromatic N) is 1. The van der Waals surface area contributed by atoms with Crippen molar-refractivity contribution in [2.45, 2.75) is 12.3 Å². The van der Waals surface area contributed by atoms with Gasteiger partial charge in [0.25, 0.3) is 5.91 Å². The molecule has 1 unspecified atom stereocenters. The molecule has 0 fully saturated rings. The number of anilines is 1. The minimum atomic E-state index is -0.180. The van der Waals surface area contributed by atoms with Gasteiger partial charge in [0.1, 0.15) is 5.82 Å². The van der Waals surface area contributed by atoms with Crippen molar-refractivity contribution in [3.8, 4) is 0 Å². The molecule has 1 heterocycles. The third kappa shape index (κ3) is 2.41. The number of nitrogens with one attached hydrogen (secondary N) is 1. The second-order valence-corrected chi connectivity index (χ2v) is 5.81. The highest BCUT2D eigenvalue weighted by Gasteiger charge is 2.25. The average Bonchev–Trinajstić information content (AvgIpc) is 2.42. The minimum Gasteiger partial charge on any atom is -0.383 e. The van der Waals surface area contributed by atoms with Crippen LogP contribution in [-0.2, 0) is 6.42 Å². The molecule has 102 valence electrons. The first-order valence-corrected chi connectivity index (χ1v) is 7.21. The second-order valence-electron chi connectivity index (χ2n) is 4.90. The molecule has 1 aliphatic carbocycles. The zero-order valence-corrected chi connectivity index (χ0v) is 12.4. The predicted octanol–water partition coefficient (Wildman–Crippen LogP) is 2.50. The number of pyridine rings is 1. The van der Waals surface area contributed by atoms with Gasteiger partial charge in [-0.05, 0) is 39.5 Å². The van der Waals surface area contributed by atoms with Crippen LogP contribution < -0.4 is 11.1 Å². The number of hydrogen-bond acceptors (Lipinski definition) is 3. The molecule has 1 aliphatic rings. The SMILES string of the molecule is Nc1ncc(Br)cc1C(=O)NCC1Cc2ccccc21. The Morgan fingerprint density at radius 2 is 2.25 bits per heavy atom. The maximum Gasteiger partial charge on any atom is 0.255 e. The van der Waals surface area contributed by atoms with Gasteiger partial charge in [0.05, 0.1) is 5.56 Å². The average molecular weight is 332 g/mol. The molecule has 20 heavy (non-hydrogen) atoms. The molecule has 2 aromatic rings. The lowest BCUT2D eigenvalue weighted by atomic mass is 9.77. The number of rotatable bonds is 3. The van der Waals surface area contributed by atoms with E-state index in [9.17, 15) is 4.79 Å². The summed E-state index contributed by atoms with van der Waals surface area (Å²) < 4.78 is 0.742. The molecular formula is C15H14BrN3O. The van der Waals surface area contributed by atoms with Crippen LogP contribution in [0.4, 0.5) is 5.82 Å². The summed E-state index contributed by atoms with van der Waals surface area (Å²) in [6.07, 6.45) is 2.59. The van der Waals surface area contributed by atoms with Gasteiger partial charge in [0, 0.05) is 23.1 Å². The molecule has 0 saturated heterocycles. The number of hydrogen-bond donors (Lipinski definition) is 2. The molecule has 1 aromatic heterocycles. The number of nitrogens with two attached hydrogens (primary N) is 1. The van der Waals surface area contributed by atoms with Gasteiger partial charge in [-0.3, -0.25) is 4.79 Å². The molecule has 4 nitrogen and oxygen atoms in total. The maximum absolute atomic E-state index is 12.1. The highest BCUT2D eigenvalue weighted by Crippen LogP contribution is 2.34. The molecule has 1 atom stereocenters. The van der Waals surface area contributed by atoms with Crippen LogP contribution in [0.3, 0.4) is 0 Å². The third-order valence-electron chi connectivity index (χ3n) is 3.60. The van der Waals surface area contributed by atoms with Crippen molar-refractivity contribution in [1.82, 2.24) is 10.3 Å². The van der Waals surface area contributed by atoms with E-state index < -0.39 is 0 Å². The van der Waals surface area contributed by atoms with Crippen molar-refractivity contribution in [1.29, 1.82) is 0 Å². The monoisotopic (exact) mass is 331 g/mol. The molecule has 0 bridgehead atoms. The van der Waals surface area contributed by atoms with E-state index in [-0.39, 0.29) is 11.7 Å². The van der Waals surface area contributed by atoms with Crippen LogP contribution in [0, 0.1) is 0 Å². The largest absolute Gasteiger partial charge is 0.383 e. The smallest absolute Gasteiger partial charge is 0.255 e. The molecule has 0 spiro atoms. The molecule has 1 amide bonds. The maximum atomic E-state index is 12.1. The van der Waals surface area contributed by atoms with Crippen molar-refractivity contribution in [3.63, 3.8) is 0 Å². The van der Waals surface area contributed by atoms with Crippen LogP contribution in [0.15, 0.2) is 41.0 Å². The molecular weight excluding hydrogens is 318 g/mol. The number of aromatic nitrogens is 1. The molecule has 0 aliphatic heterocycles. The van der Waals surface area contributed by atoms with E-state index in [0.717, 1.165) is 10.9 Å². The van der Waals surface area contributed by atoms with Crippen LogP contribution >= 0.6 is 15.9 Å². The summed E-state index contributed by atoms with van der Waals surface area (Å²) in [5.74, 6) is 0.469. The Bertz CT molecular complexity index is 672. The lowest BCUT2D eigenvalue weighted by molar-refractivity contribution is 0.0950. The Labute approximate surface area is 125 Å². The summed E-state index contributed by atoms with van der Waals surface area (Å²) in [4.78, 5) is 16.1. The van der Waals surface area contributed by atoms with E-state index in [2.05, 4.69) is 38.4 Å². The van der Waals surface area contributed by atoms with Crippen molar-refractivity contribution < 1.29 is 4.79 Å². The Hall–Kier alpha value is -1.88. The summed E-state index contributed by atoms with van der Waals surface area (Å²) in [7, 11) is 0. The topological polar surface area (TPSA) is 68.0 Å². The van der Waals surface area contributed by atoms with E-state index in [1.807, 2.05) is 12.1 Å². The standard InChI is InChI=1S/C15H14BrN3O/c16-11-6-13(14(17)18-8-11)15(20)19-7-10-5-9-3-1-2-4-12(9)10/h1-4,6,8,10H,5,7H2,(H2,17,18)(H,19,20). The van der Waals surface area contributed by atoms with Crippen LogP contribution in [-0.4, -0.2) is 17.4 Å². The number of carbonyl (C=O) groups is 1. The zero-order valence-electron chi connectivity index (χ0n) is 10.8. The number of fused-ring (bicyclic) bond motifs is 1. The lowest BCUT2D eigenvalue weighted by Gasteiger charge is -2.30. The number of nitrogen functional groups attached to an aromatic ring is 1. The molecule has 1 aromatic carbocycles. The summed E-state index contributed by atoms with van der Waals surface area (Å²) >= 11 is 3.29. The zero-order chi connectivity index (χ0) is 14.1. The Morgan fingerprint density at radius 3 is 3.05 bits per heavy atom. The van der Waals surface area contributed by atoms with E-state index in [1.54, 1.807) is 12.3 Å². The van der Waals surface area contributed by atoms with E-state index in [1.165, 1.54) is 11.1 Å². The van der Waals surface area contributed by atoms with Crippen molar-refractivity contribution in [3.05, 3.63) is 57.7 Å². The molecule has 3 rings (SSSR count). The highest BCUT2D eigenvalue weighted by molar-refractivity contribution is 9.10. The highest BCUT2D eigenvalue weighted by atomic mass is 79.9. The lowest BCUT2D eigenvalue weighted by Crippen LogP contribution is -2.33. The first-order chi connectivity index (χ1) is 9.65. The van der Waals surface area contributed by atoms with Gasteiger partial charge in [0.15, 0.2) is 0 Å². The van der Waals surface area contributed by atoms with Gasteiger partial charge >= 0.3 is 0 Å². The fourth-order valence-electron chi connectivity index (χ4n) is 2.49. The van der Waals surface area contributed by atoms with Crippen LogP contribution in [0.1, 0.15) is 27.4 Å². The van der Waals surface area contributed by atoms with Crippen molar-refractivity contribution in [2.75, 3.05) is 12.3 Å². The van der Waals surface area contributed by atoms with E-state index >= 15 is 0 Å². The quantitative estimate of drug-likeness (QED) is 0.907. The first-order valence-electron chi connectivity index (χ1n) is 6.42. The summed E-state index contributed by atoms with van der Waals surface area (Å²) in [6.45, 7) is 0.627. The van der Waals surface area contributed by atoms with Gasteiger partial charge in [-0.25, -0.2) is 4.98 Å². The summed E-state index contributed by atoms with van der Waals surface area (Å²) in [6, 6.07) is 10.0. The van der Waals surface area contributed by atoms with Crippen molar-refractivity contribution in [2.24, 2.45) is 0 Å². The van der Waals surface area contributed by atoms with Gasteiger partial charge in [-0.1, -0.05) is 24.3 Å². The van der Waals surface area contributed by atoms with Gasteiger partial charge in [-0.15, -0.1) is 0 Å². The van der Waals surface area contributed by atoms with Gasteiger partial charge in [-0.2, -0.15) is 0 Å². The van der Waals surface area contributed by atoms with E-state index in [0.29, 0.717) is 18.0 Å². The molecule has 5 heteroatoms. The third-order valence-corrected chi connectivity index (χ3v) is 4.03. The Morgan fingerprint density at radius 1 is 1.45 bits per heavy atom. The van der Waals surface area contributed by atoms with Gasteiger partial charge < -0.3 is 11.1 Å². The van der Waals surface area contributed by atoms with Crippen molar-refractivity contribution >= 4 is 27.7 Å².